The molecule has 1 aromatic rings. The SMILES string of the molecule is CO[C@@H]1C[C@H](Oc2nc(N3CCCCC3)nc3c2CCCC3)[C@@H](O)[C@H]1O. The van der Waals surface area contributed by atoms with E-state index in [-0.39, 0.29) is 0 Å². The van der Waals surface area contributed by atoms with Crippen molar-refractivity contribution < 1.29 is 19.7 Å². The Morgan fingerprint density at radius 1 is 0.923 bits per heavy atom. The molecule has 2 fully saturated rings. The summed E-state index contributed by atoms with van der Waals surface area (Å²) in [4.78, 5) is 11.8. The first-order valence-electron chi connectivity index (χ1n) is 9.87. The number of fused-ring (bicyclic) bond motifs is 1. The second kappa shape index (κ2) is 7.66. The van der Waals surface area contributed by atoms with Gasteiger partial charge in [0.05, 0.1) is 11.8 Å². The van der Waals surface area contributed by atoms with E-state index in [4.69, 9.17) is 19.4 Å². The maximum atomic E-state index is 10.3. The minimum Gasteiger partial charge on any atom is -0.471 e. The fourth-order valence-corrected chi connectivity index (χ4v) is 4.32. The van der Waals surface area contributed by atoms with E-state index in [0.717, 1.165) is 56.0 Å². The Kier molecular flexibility index (Phi) is 5.29. The zero-order valence-corrected chi connectivity index (χ0v) is 15.4. The summed E-state index contributed by atoms with van der Waals surface area (Å²) in [6, 6.07) is 0. The molecule has 26 heavy (non-hydrogen) atoms. The van der Waals surface area contributed by atoms with Crippen LogP contribution in [0.4, 0.5) is 5.95 Å². The average Bonchev–Trinajstić information content (AvgIpc) is 2.96. The number of piperidine rings is 1. The molecule has 0 aromatic carbocycles. The molecule has 0 spiro atoms. The van der Waals surface area contributed by atoms with Gasteiger partial charge in [-0.2, -0.15) is 4.98 Å². The number of aryl methyl sites for hydroxylation is 1. The lowest BCUT2D eigenvalue weighted by Gasteiger charge is -2.29. The van der Waals surface area contributed by atoms with Crippen LogP contribution >= 0.6 is 0 Å². The fourth-order valence-electron chi connectivity index (χ4n) is 4.32. The first-order chi connectivity index (χ1) is 12.7. The summed E-state index contributed by atoms with van der Waals surface area (Å²) >= 11 is 0. The third kappa shape index (κ3) is 3.40. The fraction of sp³-hybridized carbons (Fsp3) is 0.789. The predicted molar refractivity (Wildman–Crippen MR) is 96.6 cm³/mol. The summed E-state index contributed by atoms with van der Waals surface area (Å²) in [6.45, 7) is 1.96. The second-order valence-corrected chi connectivity index (χ2v) is 7.66. The number of hydrogen-bond acceptors (Lipinski definition) is 7. The van der Waals surface area contributed by atoms with Gasteiger partial charge in [-0.05, 0) is 44.9 Å². The Balaban J connectivity index is 1.61. The number of nitrogens with zero attached hydrogens (tertiary/aromatic N) is 3. The van der Waals surface area contributed by atoms with Gasteiger partial charge in [0.1, 0.15) is 18.3 Å². The van der Waals surface area contributed by atoms with Gasteiger partial charge in [0.2, 0.25) is 11.8 Å². The van der Waals surface area contributed by atoms with Gasteiger partial charge in [-0.3, -0.25) is 0 Å². The number of hydrogen-bond donors (Lipinski definition) is 2. The predicted octanol–water partition coefficient (Wildman–Crippen LogP) is 1.23. The van der Waals surface area contributed by atoms with Crippen molar-refractivity contribution in [3.8, 4) is 5.88 Å². The lowest BCUT2D eigenvalue weighted by Crippen LogP contribution is -2.36. The van der Waals surface area contributed by atoms with Crippen molar-refractivity contribution in [1.29, 1.82) is 0 Å². The van der Waals surface area contributed by atoms with E-state index in [0.29, 0.717) is 12.3 Å². The van der Waals surface area contributed by atoms with Crippen LogP contribution in [0.1, 0.15) is 49.8 Å². The minimum atomic E-state index is -0.965. The number of methoxy groups -OCH3 is 1. The van der Waals surface area contributed by atoms with E-state index >= 15 is 0 Å². The number of aromatic nitrogens is 2. The van der Waals surface area contributed by atoms with Crippen molar-refractivity contribution in [3.63, 3.8) is 0 Å². The van der Waals surface area contributed by atoms with Gasteiger partial charge >= 0.3 is 0 Å². The van der Waals surface area contributed by atoms with E-state index in [9.17, 15) is 10.2 Å². The molecule has 2 heterocycles. The summed E-state index contributed by atoms with van der Waals surface area (Å²) in [5.74, 6) is 1.33. The summed E-state index contributed by atoms with van der Waals surface area (Å²) < 4.78 is 11.4. The van der Waals surface area contributed by atoms with E-state index in [2.05, 4.69) is 4.90 Å². The quantitative estimate of drug-likeness (QED) is 0.832. The topological polar surface area (TPSA) is 87.9 Å². The molecule has 0 amide bonds. The highest BCUT2D eigenvalue weighted by atomic mass is 16.5. The van der Waals surface area contributed by atoms with Gasteiger partial charge in [0.15, 0.2) is 0 Å². The van der Waals surface area contributed by atoms with Crippen LogP contribution in [0.2, 0.25) is 0 Å². The second-order valence-electron chi connectivity index (χ2n) is 7.66. The van der Waals surface area contributed by atoms with Crippen LogP contribution < -0.4 is 9.64 Å². The maximum absolute atomic E-state index is 10.3. The molecule has 1 aliphatic heterocycles. The average molecular weight is 363 g/mol. The number of aliphatic hydroxyl groups is 2. The first-order valence-corrected chi connectivity index (χ1v) is 9.87. The third-order valence-electron chi connectivity index (χ3n) is 5.91. The van der Waals surface area contributed by atoms with Crippen molar-refractivity contribution in [2.45, 2.75) is 75.8 Å². The Morgan fingerprint density at radius 3 is 2.38 bits per heavy atom. The molecule has 7 heteroatoms. The summed E-state index contributed by atoms with van der Waals surface area (Å²) in [5, 5.41) is 20.4. The highest BCUT2D eigenvalue weighted by Crippen LogP contribution is 2.33. The van der Waals surface area contributed by atoms with Crippen molar-refractivity contribution >= 4 is 5.95 Å². The van der Waals surface area contributed by atoms with Crippen molar-refractivity contribution in [3.05, 3.63) is 11.3 Å². The molecule has 7 nitrogen and oxygen atoms in total. The number of anilines is 1. The molecular formula is C19H29N3O4. The molecule has 4 rings (SSSR count). The van der Waals surface area contributed by atoms with Crippen LogP contribution in [0, 0.1) is 0 Å². The molecule has 3 aliphatic rings. The van der Waals surface area contributed by atoms with E-state index in [1.807, 2.05) is 0 Å². The number of ether oxygens (including phenoxy) is 2. The first kappa shape index (κ1) is 17.9. The number of aliphatic hydroxyl groups excluding tert-OH is 2. The maximum Gasteiger partial charge on any atom is 0.228 e. The third-order valence-corrected chi connectivity index (χ3v) is 5.91. The Labute approximate surface area is 154 Å². The highest BCUT2D eigenvalue weighted by Gasteiger charge is 2.44. The molecule has 4 atom stereocenters. The van der Waals surface area contributed by atoms with Gasteiger partial charge in [0, 0.05) is 32.2 Å². The van der Waals surface area contributed by atoms with Crippen LogP contribution in [0.3, 0.4) is 0 Å². The summed E-state index contributed by atoms with van der Waals surface area (Å²) in [6.07, 6.45) is 5.34. The summed E-state index contributed by atoms with van der Waals surface area (Å²) in [5.41, 5.74) is 2.15. The van der Waals surface area contributed by atoms with Crippen molar-refractivity contribution in [2.24, 2.45) is 0 Å². The standard InChI is InChI=1S/C19H29N3O4/c1-25-14-11-15(17(24)16(14)23)26-18-12-7-3-4-8-13(12)20-19(21-18)22-9-5-2-6-10-22/h14-17,23-24H,2-11H2,1H3/t14-,15+,16+,17-/m1/s1. The zero-order chi connectivity index (χ0) is 18.1. The Hall–Kier alpha value is -1.44. The van der Waals surface area contributed by atoms with Crippen LogP contribution in [-0.2, 0) is 17.6 Å². The molecule has 0 bridgehead atoms. The molecule has 2 N–H and O–H groups in total. The van der Waals surface area contributed by atoms with Crippen molar-refractivity contribution in [1.82, 2.24) is 9.97 Å². The number of rotatable bonds is 4. The van der Waals surface area contributed by atoms with E-state index in [1.165, 1.54) is 19.3 Å². The van der Waals surface area contributed by atoms with Gasteiger partial charge < -0.3 is 24.6 Å². The monoisotopic (exact) mass is 363 g/mol. The summed E-state index contributed by atoms with van der Waals surface area (Å²) in [7, 11) is 1.55. The molecule has 144 valence electrons. The Morgan fingerprint density at radius 2 is 1.65 bits per heavy atom. The lowest BCUT2D eigenvalue weighted by molar-refractivity contribution is -0.0486. The zero-order valence-electron chi connectivity index (χ0n) is 15.4. The minimum absolute atomic E-state index is 0.408. The normalized spacial score (nSPS) is 31.7. The van der Waals surface area contributed by atoms with Gasteiger partial charge in [-0.1, -0.05) is 0 Å². The van der Waals surface area contributed by atoms with Gasteiger partial charge in [-0.25, -0.2) is 4.98 Å². The van der Waals surface area contributed by atoms with Crippen LogP contribution in [-0.4, -0.2) is 64.8 Å². The van der Waals surface area contributed by atoms with Crippen molar-refractivity contribution in [2.75, 3.05) is 25.1 Å². The molecule has 1 saturated heterocycles. The molecule has 1 saturated carbocycles. The van der Waals surface area contributed by atoms with Gasteiger partial charge in [0.25, 0.3) is 0 Å². The molecular weight excluding hydrogens is 334 g/mol. The molecule has 0 unspecified atom stereocenters. The highest BCUT2D eigenvalue weighted by molar-refractivity contribution is 5.42. The Bertz CT molecular complexity index is 635. The smallest absolute Gasteiger partial charge is 0.228 e. The van der Waals surface area contributed by atoms with Crippen LogP contribution in [0.25, 0.3) is 0 Å². The van der Waals surface area contributed by atoms with E-state index in [1.54, 1.807) is 7.11 Å². The van der Waals surface area contributed by atoms with E-state index < -0.39 is 24.4 Å². The van der Waals surface area contributed by atoms with Crippen LogP contribution in [0.15, 0.2) is 0 Å². The lowest BCUT2D eigenvalue weighted by atomic mass is 9.97. The molecule has 2 aliphatic carbocycles. The molecule has 1 aromatic heterocycles. The van der Waals surface area contributed by atoms with Crippen LogP contribution in [0.5, 0.6) is 5.88 Å². The molecule has 0 radical (unpaired) electrons. The van der Waals surface area contributed by atoms with Gasteiger partial charge in [-0.15, -0.1) is 0 Å². The largest absolute Gasteiger partial charge is 0.471 e.